The van der Waals surface area contributed by atoms with E-state index in [9.17, 15) is 27.8 Å². The molecule has 33 heavy (non-hydrogen) atoms. The molecule has 0 aliphatic heterocycles. The summed E-state index contributed by atoms with van der Waals surface area (Å²) in [5.41, 5.74) is 2.15. The van der Waals surface area contributed by atoms with Crippen LogP contribution < -0.4 is 4.31 Å². The van der Waals surface area contributed by atoms with Crippen LogP contribution >= 0.6 is 0 Å². The van der Waals surface area contributed by atoms with Gasteiger partial charge in [-0.15, -0.1) is 0 Å². The predicted octanol–water partition coefficient (Wildman–Crippen LogP) is 3.01. The summed E-state index contributed by atoms with van der Waals surface area (Å²) >= 11 is 0. The fourth-order valence-electron chi connectivity index (χ4n) is 3.20. The minimum absolute atomic E-state index is 0.0353. The van der Waals surface area contributed by atoms with E-state index in [2.05, 4.69) is 9.97 Å². The van der Waals surface area contributed by atoms with E-state index < -0.39 is 33.7 Å². The third kappa shape index (κ3) is 7.22. The van der Waals surface area contributed by atoms with Gasteiger partial charge in [0.1, 0.15) is 11.6 Å². The van der Waals surface area contributed by atoms with E-state index in [4.69, 9.17) is 5.11 Å². The van der Waals surface area contributed by atoms with Crippen LogP contribution in [-0.4, -0.2) is 59.1 Å². The number of carbonyl (C=O) groups is 1. The molecule has 2 aromatic rings. The highest BCUT2D eigenvalue weighted by Crippen LogP contribution is 2.32. The van der Waals surface area contributed by atoms with Gasteiger partial charge in [-0.25, -0.2) is 31.9 Å². The van der Waals surface area contributed by atoms with Gasteiger partial charge in [0.2, 0.25) is 16.0 Å². The first-order chi connectivity index (χ1) is 15.3. The van der Waals surface area contributed by atoms with Crippen LogP contribution in [0.4, 0.5) is 10.3 Å². The quantitative estimate of drug-likeness (QED) is 0.347. The van der Waals surface area contributed by atoms with Crippen molar-refractivity contribution < 1.29 is 32.9 Å². The van der Waals surface area contributed by atoms with Crippen LogP contribution in [-0.2, 0) is 21.2 Å². The summed E-state index contributed by atoms with van der Waals surface area (Å²) in [5, 5.41) is 28.7. The zero-order valence-electron chi connectivity index (χ0n) is 18.9. The molecule has 2 rings (SSSR count). The number of hydrogen-bond donors (Lipinski definition) is 3. The number of benzene rings is 1. The highest BCUT2D eigenvalue weighted by Gasteiger charge is 2.23. The van der Waals surface area contributed by atoms with Gasteiger partial charge in [0.05, 0.1) is 29.8 Å². The van der Waals surface area contributed by atoms with E-state index in [0.717, 1.165) is 10.6 Å². The van der Waals surface area contributed by atoms with Gasteiger partial charge in [-0.1, -0.05) is 13.8 Å². The van der Waals surface area contributed by atoms with E-state index in [-0.39, 0.29) is 31.1 Å². The van der Waals surface area contributed by atoms with Crippen molar-refractivity contribution in [3.05, 3.63) is 53.2 Å². The lowest BCUT2D eigenvalue weighted by molar-refractivity contribution is -0.131. The molecule has 3 N–H and O–H groups in total. The summed E-state index contributed by atoms with van der Waals surface area (Å²) in [7, 11) is -2.30. The Bertz CT molecular complexity index is 1130. The monoisotopic (exact) mass is 481 g/mol. The molecule has 0 saturated carbocycles. The van der Waals surface area contributed by atoms with Crippen LogP contribution in [0.1, 0.15) is 43.9 Å². The maximum Gasteiger partial charge on any atom is 0.331 e. The Morgan fingerprint density at radius 3 is 2.30 bits per heavy atom. The maximum absolute atomic E-state index is 13.5. The standard InChI is InChI=1S/C22H28FN3O6S/c1-13(2)20-18(10-9-16(27)11-17(28)12-19(29)30)21(14-5-7-15(23)8-6-14)25-22(24-20)26(3)33(4,31)32/h5-8,12-13,16,27-28H,9-11H2,1-4H3,(H,29,30)/b17-12+/t16-/m0/s1. The van der Waals surface area contributed by atoms with Crippen molar-refractivity contribution >= 4 is 21.9 Å². The van der Waals surface area contributed by atoms with E-state index in [1.807, 2.05) is 13.8 Å². The molecule has 1 heterocycles. The van der Waals surface area contributed by atoms with Gasteiger partial charge in [-0.05, 0) is 43.0 Å². The Labute approximate surface area is 192 Å². The largest absolute Gasteiger partial charge is 0.512 e. The van der Waals surface area contributed by atoms with Crippen molar-refractivity contribution in [1.82, 2.24) is 9.97 Å². The molecule has 0 aliphatic carbocycles. The number of rotatable bonds is 10. The van der Waals surface area contributed by atoms with E-state index >= 15 is 0 Å². The smallest absolute Gasteiger partial charge is 0.331 e. The molecule has 0 amide bonds. The fraction of sp³-hybridized carbons (Fsp3) is 0.409. The summed E-state index contributed by atoms with van der Waals surface area (Å²) in [6.07, 6.45) is 0.766. The first-order valence-electron chi connectivity index (χ1n) is 10.2. The van der Waals surface area contributed by atoms with Crippen molar-refractivity contribution in [2.75, 3.05) is 17.6 Å². The molecule has 9 nitrogen and oxygen atoms in total. The maximum atomic E-state index is 13.5. The van der Waals surface area contributed by atoms with Crippen LogP contribution in [0.5, 0.6) is 0 Å². The van der Waals surface area contributed by atoms with Gasteiger partial charge >= 0.3 is 5.97 Å². The molecule has 0 unspecified atom stereocenters. The molecule has 1 atom stereocenters. The number of aromatic nitrogens is 2. The second-order valence-electron chi connectivity index (χ2n) is 8.00. The minimum Gasteiger partial charge on any atom is -0.512 e. The zero-order chi connectivity index (χ0) is 24.9. The fourth-order valence-corrected chi connectivity index (χ4v) is 3.58. The SMILES string of the molecule is CC(C)c1nc(N(C)S(C)(=O)=O)nc(-c2ccc(F)cc2)c1CC[C@H](O)C/C(O)=C\C(=O)O. The number of sulfonamides is 1. The molecule has 0 spiro atoms. The van der Waals surface area contributed by atoms with Crippen molar-refractivity contribution in [1.29, 1.82) is 0 Å². The van der Waals surface area contributed by atoms with Crippen LogP contribution in [0.3, 0.4) is 0 Å². The van der Waals surface area contributed by atoms with Gasteiger partial charge in [-0.2, -0.15) is 0 Å². The lowest BCUT2D eigenvalue weighted by atomic mass is 9.93. The van der Waals surface area contributed by atoms with Gasteiger partial charge in [-0.3, -0.25) is 0 Å². The summed E-state index contributed by atoms with van der Waals surface area (Å²) in [6.45, 7) is 3.75. The average molecular weight is 482 g/mol. The van der Waals surface area contributed by atoms with Crippen LogP contribution in [0.25, 0.3) is 11.3 Å². The van der Waals surface area contributed by atoms with Crippen molar-refractivity contribution in [3.8, 4) is 11.3 Å². The zero-order valence-corrected chi connectivity index (χ0v) is 19.7. The number of carboxylic acid groups (broad SMARTS) is 1. The summed E-state index contributed by atoms with van der Waals surface area (Å²) < 4.78 is 38.6. The van der Waals surface area contributed by atoms with Crippen molar-refractivity contribution in [3.63, 3.8) is 0 Å². The Kier molecular flexibility index (Phi) is 8.51. The van der Waals surface area contributed by atoms with Gasteiger partial charge in [0, 0.05) is 24.6 Å². The molecular weight excluding hydrogens is 453 g/mol. The number of nitrogens with zero attached hydrogens (tertiary/aromatic N) is 3. The number of hydrogen-bond acceptors (Lipinski definition) is 7. The Balaban J connectivity index is 2.54. The number of carboxylic acids is 1. The molecule has 0 bridgehead atoms. The number of aliphatic carboxylic acids is 1. The lowest BCUT2D eigenvalue weighted by Crippen LogP contribution is -2.28. The lowest BCUT2D eigenvalue weighted by Gasteiger charge is -2.22. The Morgan fingerprint density at radius 1 is 1.18 bits per heavy atom. The first-order valence-corrected chi connectivity index (χ1v) is 12.1. The molecule has 1 aromatic carbocycles. The molecule has 0 radical (unpaired) electrons. The highest BCUT2D eigenvalue weighted by molar-refractivity contribution is 7.92. The highest BCUT2D eigenvalue weighted by atomic mass is 32.2. The first kappa shape index (κ1) is 26.2. The van der Waals surface area contributed by atoms with Gasteiger partial charge < -0.3 is 15.3 Å². The van der Waals surface area contributed by atoms with Crippen molar-refractivity contribution in [2.24, 2.45) is 0 Å². The summed E-state index contributed by atoms with van der Waals surface area (Å²) in [5.74, 6) is -2.39. The molecular formula is C22H28FN3O6S. The molecule has 11 heteroatoms. The molecule has 0 saturated heterocycles. The minimum atomic E-state index is -3.64. The summed E-state index contributed by atoms with van der Waals surface area (Å²) in [6, 6.07) is 5.57. The molecule has 1 aromatic heterocycles. The normalized spacial score (nSPS) is 13.2. The van der Waals surface area contributed by atoms with Crippen LogP contribution in [0.15, 0.2) is 36.1 Å². The van der Waals surface area contributed by atoms with Crippen LogP contribution in [0.2, 0.25) is 0 Å². The Hall–Kier alpha value is -3.05. The van der Waals surface area contributed by atoms with Crippen LogP contribution in [0, 0.1) is 5.82 Å². The summed E-state index contributed by atoms with van der Waals surface area (Å²) in [4.78, 5) is 19.6. The number of halogens is 1. The van der Waals surface area contributed by atoms with Crippen molar-refractivity contribution in [2.45, 2.75) is 45.1 Å². The molecule has 180 valence electrons. The molecule has 0 aliphatic rings. The third-order valence-electron chi connectivity index (χ3n) is 4.93. The number of anilines is 1. The number of aliphatic hydroxyl groups excluding tert-OH is 2. The van der Waals surface area contributed by atoms with Gasteiger partial charge in [0.25, 0.3) is 0 Å². The Morgan fingerprint density at radius 2 is 1.79 bits per heavy atom. The third-order valence-corrected chi connectivity index (χ3v) is 6.09. The second-order valence-corrected chi connectivity index (χ2v) is 10.0. The van der Waals surface area contributed by atoms with E-state index in [1.54, 1.807) is 0 Å². The molecule has 0 fully saturated rings. The van der Waals surface area contributed by atoms with E-state index in [1.165, 1.54) is 31.3 Å². The van der Waals surface area contributed by atoms with Gasteiger partial charge in [0.15, 0.2) is 0 Å². The van der Waals surface area contributed by atoms with E-state index in [0.29, 0.717) is 28.6 Å². The number of aliphatic hydroxyl groups is 2. The predicted molar refractivity (Wildman–Crippen MR) is 122 cm³/mol. The topological polar surface area (TPSA) is 141 Å². The average Bonchev–Trinajstić information content (AvgIpc) is 2.70. The second kappa shape index (κ2) is 10.7.